The Morgan fingerprint density at radius 3 is 2.36 bits per heavy atom. The summed E-state index contributed by atoms with van der Waals surface area (Å²) in [5.74, 6) is 1.23. The molecular weight excluding hydrogens is 374 g/mol. The second-order valence-corrected chi connectivity index (χ2v) is 6.72. The minimum atomic E-state index is -0.161. The maximum Gasteiger partial charge on any atom is 0.238 e. The summed E-state index contributed by atoms with van der Waals surface area (Å²) in [6.45, 7) is 4.11. The van der Waals surface area contributed by atoms with Crippen LogP contribution in [0.5, 0.6) is 11.5 Å². The maximum absolute atomic E-state index is 12.1. The lowest BCUT2D eigenvalue weighted by Crippen LogP contribution is -2.44. The molecule has 0 atom stereocenters. The number of hydrogen-bond donors (Lipinski definition) is 3. The molecule has 0 saturated carbocycles. The van der Waals surface area contributed by atoms with Crippen LogP contribution in [0.1, 0.15) is 30.0 Å². The van der Waals surface area contributed by atoms with Gasteiger partial charge in [0.25, 0.3) is 0 Å². The van der Waals surface area contributed by atoms with Crippen molar-refractivity contribution in [1.82, 2.24) is 10.9 Å². The van der Waals surface area contributed by atoms with Crippen LogP contribution in [0.4, 0.5) is 5.69 Å². The first-order valence-corrected chi connectivity index (χ1v) is 9.54. The van der Waals surface area contributed by atoms with E-state index in [4.69, 9.17) is 21.7 Å². The van der Waals surface area contributed by atoms with Crippen LogP contribution in [-0.2, 0) is 17.6 Å². The second kappa shape index (κ2) is 10.5. The highest BCUT2D eigenvalue weighted by Crippen LogP contribution is 2.23. The van der Waals surface area contributed by atoms with Gasteiger partial charge in [0.1, 0.15) is 11.5 Å². The Hall–Kier alpha value is -2.80. The van der Waals surface area contributed by atoms with Crippen molar-refractivity contribution >= 4 is 28.9 Å². The molecule has 0 aliphatic heterocycles. The molecule has 0 aliphatic carbocycles. The predicted octanol–water partition coefficient (Wildman–Crippen LogP) is 3.53. The molecule has 2 aromatic rings. The third-order valence-electron chi connectivity index (χ3n) is 4.35. The molecule has 0 radical (unpaired) electrons. The Kier molecular flexibility index (Phi) is 8.07. The van der Waals surface area contributed by atoms with E-state index < -0.39 is 0 Å². The molecule has 3 N–H and O–H groups in total. The van der Waals surface area contributed by atoms with Crippen molar-refractivity contribution in [3.05, 3.63) is 53.1 Å². The highest BCUT2D eigenvalue weighted by atomic mass is 32.1. The van der Waals surface area contributed by atoms with Crippen LogP contribution < -0.4 is 25.6 Å². The fourth-order valence-corrected chi connectivity index (χ4v) is 2.96. The fourth-order valence-electron chi connectivity index (χ4n) is 2.80. The first-order valence-electron chi connectivity index (χ1n) is 9.13. The van der Waals surface area contributed by atoms with E-state index in [1.54, 1.807) is 20.3 Å². The number of aryl methyl sites for hydroxylation is 3. The van der Waals surface area contributed by atoms with Gasteiger partial charge in [-0.3, -0.25) is 15.6 Å². The number of rotatable bonds is 7. The molecular formula is C21H27N3O3S. The monoisotopic (exact) mass is 401 g/mol. The van der Waals surface area contributed by atoms with Crippen LogP contribution in [0.15, 0.2) is 36.4 Å². The summed E-state index contributed by atoms with van der Waals surface area (Å²) in [6.07, 6.45) is 1.75. The third-order valence-corrected chi connectivity index (χ3v) is 4.55. The largest absolute Gasteiger partial charge is 0.497 e. The molecule has 0 aliphatic rings. The molecule has 6 nitrogen and oxygen atoms in total. The summed E-state index contributed by atoms with van der Waals surface area (Å²) >= 11 is 5.29. The first kappa shape index (κ1) is 21.5. The normalized spacial score (nSPS) is 10.1. The summed E-state index contributed by atoms with van der Waals surface area (Å²) < 4.78 is 10.5. The molecule has 0 aromatic heterocycles. The number of hydrogen-bond acceptors (Lipinski definition) is 4. The van der Waals surface area contributed by atoms with E-state index in [-0.39, 0.29) is 5.91 Å². The number of amides is 1. The number of carbonyl (C=O) groups excluding carboxylic acids is 1. The Labute approximate surface area is 171 Å². The number of nitrogens with one attached hydrogen (secondary N) is 3. The van der Waals surface area contributed by atoms with Crippen molar-refractivity contribution in [2.45, 2.75) is 33.1 Å². The molecule has 7 heteroatoms. The van der Waals surface area contributed by atoms with Gasteiger partial charge in [-0.15, -0.1) is 0 Å². The van der Waals surface area contributed by atoms with Gasteiger partial charge in [0.2, 0.25) is 5.91 Å². The van der Waals surface area contributed by atoms with Gasteiger partial charge >= 0.3 is 0 Å². The number of para-hydroxylation sites is 1. The molecule has 28 heavy (non-hydrogen) atoms. The van der Waals surface area contributed by atoms with Crippen molar-refractivity contribution < 1.29 is 14.3 Å². The minimum absolute atomic E-state index is 0.161. The summed E-state index contributed by atoms with van der Waals surface area (Å²) in [4.78, 5) is 12.1. The van der Waals surface area contributed by atoms with Crippen LogP contribution >= 0.6 is 12.2 Å². The quantitative estimate of drug-likeness (QED) is 0.487. The van der Waals surface area contributed by atoms with Crippen molar-refractivity contribution in [2.24, 2.45) is 0 Å². The number of hydrazine groups is 1. The van der Waals surface area contributed by atoms with Crippen LogP contribution in [0.3, 0.4) is 0 Å². The Balaban J connectivity index is 1.85. The molecule has 0 fully saturated rings. The third kappa shape index (κ3) is 6.13. The number of carbonyl (C=O) groups is 1. The van der Waals surface area contributed by atoms with Gasteiger partial charge in [0.15, 0.2) is 5.11 Å². The van der Waals surface area contributed by atoms with E-state index in [2.05, 4.69) is 29.2 Å². The van der Waals surface area contributed by atoms with E-state index >= 15 is 0 Å². The minimum Gasteiger partial charge on any atom is -0.497 e. The van der Waals surface area contributed by atoms with E-state index in [0.717, 1.165) is 23.2 Å². The van der Waals surface area contributed by atoms with Crippen LogP contribution in [-0.4, -0.2) is 25.2 Å². The summed E-state index contributed by atoms with van der Waals surface area (Å²) in [6, 6.07) is 11.7. The highest BCUT2D eigenvalue weighted by Gasteiger charge is 2.08. The molecule has 1 amide bonds. The Morgan fingerprint density at radius 1 is 1.07 bits per heavy atom. The molecule has 0 spiro atoms. The van der Waals surface area contributed by atoms with Gasteiger partial charge in [-0.25, -0.2) is 0 Å². The van der Waals surface area contributed by atoms with Crippen molar-refractivity contribution in [3.8, 4) is 11.5 Å². The number of benzene rings is 2. The Bertz CT molecular complexity index is 817. The topological polar surface area (TPSA) is 71.6 Å². The SMILES string of the molecule is CCc1cccc(C)c1NC(=S)NNC(=O)CCc1cc(OC)cc(OC)c1. The molecule has 0 heterocycles. The molecule has 0 saturated heterocycles. The average molecular weight is 402 g/mol. The van der Waals surface area contributed by atoms with Gasteiger partial charge in [0, 0.05) is 18.2 Å². The van der Waals surface area contributed by atoms with Gasteiger partial charge in [-0.1, -0.05) is 25.1 Å². The number of anilines is 1. The lowest BCUT2D eigenvalue weighted by molar-refractivity contribution is -0.121. The van der Waals surface area contributed by atoms with Crippen LogP contribution in [0.2, 0.25) is 0 Å². The maximum atomic E-state index is 12.1. The molecule has 0 bridgehead atoms. The van der Waals surface area contributed by atoms with Crippen LogP contribution in [0, 0.1) is 6.92 Å². The zero-order valence-electron chi connectivity index (χ0n) is 16.7. The van der Waals surface area contributed by atoms with Crippen LogP contribution in [0.25, 0.3) is 0 Å². The number of ether oxygens (including phenoxy) is 2. The fraction of sp³-hybridized carbons (Fsp3) is 0.333. The first-order chi connectivity index (χ1) is 13.5. The van der Waals surface area contributed by atoms with Crippen molar-refractivity contribution in [2.75, 3.05) is 19.5 Å². The second-order valence-electron chi connectivity index (χ2n) is 6.31. The molecule has 150 valence electrons. The van der Waals surface area contributed by atoms with Gasteiger partial charge in [-0.05, 0) is 60.8 Å². The summed E-state index contributed by atoms with van der Waals surface area (Å²) in [5.41, 5.74) is 9.59. The van der Waals surface area contributed by atoms with Crippen molar-refractivity contribution in [3.63, 3.8) is 0 Å². The zero-order valence-corrected chi connectivity index (χ0v) is 17.5. The lowest BCUT2D eigenvalue weighted by atomic mass is 10.1. The molecule has 2 aromatic carbocycles. The number of thiocarbonyl (C=S) groups is 1. The predicted molar refractivity (Wildman–Crippen MR) is 116 cm³/mol. The molecule has 0 unspecified atom stereocenters. The van der Waals surface area contributed by atoms with Gasteiger partial charge in [0.05, 0.1) is 14.2 Å². The van der Waals surface area contributed by atoms with Gasteiger partial charge in [-0.2, -0.15) is 0 Å². The van der Waals surface area contributed by atoms with E-state index in [0.29, 0.717) is 29.5 Å². The summed E-state index contributed by atoms with van der Waals surface area (Å²) in [7, 11) is 3.20. The standard InChI is InChI=1S/C21H27N3O3S/c1-5-16-8-6-7-14(2)20(16)22-21(28)24-23-19(25)10-9-15-11-17(26-3)13-18(12-15)27-4/h6-8,11-13H,5,9-10H2,1-4H3,(H,23,25)(H2,22,24,28). The Morgan fingerprint density at radius 2 is 1.75 bits per heavy atom. The zero-order chi connectivity index (χ0) is 20.5. The van der Waals surface area contributed by atoms with E-state index in [9.17, 15) is 4.79 Å². The van der Waals surface area contributed by atoms with Gasteiger partial charge < -0.3 is 14.8 Å². The number of methoxy groups -OCH3 is 2. The average Bonchev–Trinajstić information content (AvgIpc) is 2.71. The van der Waals surface area contributed by atoms with E-state index in [1.807, 2.05) is 31.2 Å². The lowest BCUT2D eigenvalue weighted by Gasteiger charge is -2.16. The molecule has 2 rings (SSSR count). The smallest absolute Gasteiger partial charge is 0.238 e. The summed E-state index contributed by atoms with van der Waals surface area (Å²) in [5, 5.41) is 3.51. The highest BCUT2D eigenvalue weighted by molar-refractivity contribution is 7.80. The van der Waals surface area contributed by atoms with E-state index in [1.165, 1.54) is 5.56 Å². The van der Waals surface area contributed by atoms with Crippen molar-refractivity contribution in [1.29, 1.82) is 0 Å².